The highest BCUT2D eigenvalue weighted by Crippen LogP contribution is 2.38. The summed E-state index contributed by atoms with van der Waals surface area (Å²) in [6, 6.07) is 8.02. The highest BCUT2D eigenvalue weighted by atomic mass is 19.4. The third-order valence-electron chi connectivity index (χ3n) is 6.19. The van der Waals surface area contributed by atoms with E-state index in [1.165, 1.54) is 18.1 Å². The Hall–Kier alpha value is -4.01. The van der Waals surface area contributed by atoms with Gasteiger partial charge in [0.2, 0.25) is 0 Å². The maximum absolute atomic E-state index is 13.7. The van der Waals surface area contributed by atoms with E-state index in [0.717, 1.165) is 24.1 Å². The van der Waals surface area contributed by atoms with Gasteiger partial charge in [-0.3, -0.25) is 4.79 Å². The van der Waals surface area contributed by atoms with Crippen LogP contribution in [-0.2, 0) is 28.7 Å². The normalized spacial score (nSPS) is 12.9. The van der Waals surface area contributed by atoms with Crippen LogP contribution in [0.25, 0.3) is 11.1 Å². The summed E-state index contributed by atoms with van der Waals surface area (Å²) in [7, 11) is 1.43. The van der Waals surface area contributed by atoms with Crippen LogP contribution in [0, 0.1) is 0 Å². The molecular formula is C30H33F3N2O4. The summed E-state index contributed by atoms with van der Waals surface area (Å²) in [5.74, 6) is -0.0995. The molecular weight excluding hydrogens is 509 g/mol. The molecule has 1 N–H and O–H groups in total. The number of rotatable bonds is 10. The Balaban J connectivity index is 1.96. The number of halogens is 3. The fourth-order valence-corrected chi connectivity index (χ4v) is 4.17. The summed E-state index contributed by atoms with van der Waals surface area (Å²) < 4.78 is 51.6. The molecule has 1 aliphatic carbocycles. The molecule has 3 rings (SSSR count). The summed E-state index contributed by atoms with van der Waals surface area (Å²) in [6.07, 6.45) is 5.94. The number of urea groups is 1. The van der Waals surface area contributed by atoms with Gasteiger partial charge in [-0.05, 0) is 66.8 Å². The molecule has 0 unspecified atom stereocenters. The summed E-state index contributed by atoms with van der Waals surface area (Å²) in [5.41, 5.74) is 1.86. The van der Waals surface area contributed by atoms with Crippen LogP contribution in [0.15, 0.2) is 72.4 Å². The first-order chi connectivity index (χ1) is 18.7. The van der Waals surface area contributed by atoms with Gasteiger partial charge in [-0.15, -0.1) is 0 Å². The van der Waals surface area contributed by atoms with Crippen molar-refractivity contribution in [2.75, 3.05) is 26.8 Å². The first-order valence-corrected chi connectivity index (χ1v) is 12.7. The van der Waals surface area contributed by atoms with E-state index in [9.17, 15) is 22.8 Å². The Kier molecular flexibility index (Phi) is 10.4. The summed E-state index contributed by atoms with van der Waals surface area (Å²) >= 11 is 0. The molecule has 2 aromatic rings. The van der Waals surface area contributed by atoms with E-state index in [-0.39, 0.29) is 31.2 Å². The standard InChI is InChI=1S/C30H33F3N2O4/c1-4-35(29(37)34-19-21-10-8-6-7-9-11-21)20-23-13-14-24(30(31,32)33)18-25(23)26-16-22(12-15-27(26)38-3)17-28(36)39-5-2/h6-8,10-16,18H,4-5,9,17,19-20H2,1-3H3,(H,34,37). The van der Waals surface area contributed by atoms with E-state index in [1.807, 2.05) is 30.4 Å². The van der Waals surface area contributed by atoms with Crippen LogP contribution in [0.2, 0.25) is 0 Å². The van der Waals surface area contributed by atoms with Crippen LogP contribution in [0.3, 0.4) is 0 Å². The summed E-state index contributed by atoms with van der Waals surface area (Å²) in [4.78, 5) is 26.6. The second-order valence-electron chi connectivity index (χ2n) is 8.86. The van der Waals surface area contributed by atoms with Gasteiger partial charge in [0.05, 0.1) is 25.7 Å². The van der Waals surface area contributed by atoms with Crippen molar-refractivity contribution in [1.82, 2.24) is 10.2 Å². The molecule has 0 atom stereocenters. The number of hydrogen-bond acceptors (Lipinski definition) is 4. The molecule has 0 aliphatic heterocycles. The minimum Gasteiger partial charge on any atom is -0.496 e. The second kappa shape index (κ2) is 13.7. The number of carbonyl (C=O) groups is 2. The molecule has 0 bridgehead atoms. The summed E-state index contributed by atoms with van der Waals surface area (Å²) in [5, 5.41) is 2.90. The minimum atomic E-state index is -4.57. The van der Waals surface area contributed by atoms with Gasteiger partial charge in [0.1, 0.15) is 5.75 Å². The topological polar surface area (TPSA) is 67.9 Å². The lowest BCUT2D eigenvalue weighted by Crippen LogP contribution is -2.40. The largest absolute Gasteiger partial charge is 0.496 e. The molecule has 2 amide bonds. The maximum Gasteiger partial charge on any atom is 0.416 e. The Morgan fingerprint density at radius 2 is 1.85 bits per heavy atom. The van der Waals surface area contributed by atoms with Crippen LogP contribution in [0.4, 0.5) is 18.0 Å². The SMILES string of the molecule is CCOC(=O)Cc1ccc(OC)c(-c2cc(C(F)(F)F)ccc2CN(CC)C(=O)NCC2=CCC=CC=C2)c1. The highest BCUT2D eigenvalue weighted by molar-refractivity contribution is 5.79. The van der Waals surface area contributed by atoms with E-state index in [1.54, 1.807) is 32.0 Å². The maximum atomic E-state index is 13.7. The van der Waals surface area contributed by atoms with Crippen molar-refractivity contribution in [3.63, 3.8) is 0 Å². The monoisotopic (exact) mass is 542 g/mol. The van der Waals surface area contributed by atoms with Crippen molar-refractivity contribution in [2.45, 2.75) is 39.4 Å². The van der Waals surface area contributed by atoms with Gasteiger partial charge in [-0.1, -0.05) is 42.5 Å². The Morgan fingerprint density at radius 3 is 2.54 bits per heavy atom. The number of esters is 1. The van der Waals surface area contributed by atoms with Crippen molar-refractivity contribution < 1.29 is 32.2 Å². The molecule has 0 heterocycles. The zero-order chi connectivity index (χ0) is 28.4. The number of allylic oxidation sites excluding steroid dienone is 4. The minimum absolute atomic E-state index is 0.0392. The third-order valence-corrected chi connectivity index (χ3v) is 6.19. The molecule has 0 radical (unpaired) electrons. The molecule has 1 aliphatic rings. The number of methoxy groups -OCH3 is 1. The van der Waals surface area contributed by atoms with Crippen LogP contribution >= 0.6 is 0 Å². The lowest BCUT2D eigenvalue weighted by atomic mass is 9.94. The zero-order valence-corrected chi connectivity index (χ0v) is 22.3. The van der Waals surface area contributed by atoms with E-state index in [4.69, 9.17) is 9.47 Å². The highest BCUT2D eigenvalue weighted by Gasteiger charge is 2.32. The van der Waals surface area contributed by atoms with Crippen LogP contribution in [0.1, 0.15) is 37.0 Å². The fourth-order valence-electron chi connectivity index (χ4n) is 4.17. The third kappa shape index (κ3) is 8.24. The number of hydrogen-bond donors (Lipinski definition) is 1. The van der Waals surface area contributed by atoms with Crippen molar-refractivity contribution in [3.8, 4) is 16.9 Å². The van der Waals surface area contributed by atoms with Gasteiger partial charge >= 0.3 is 18.2 Å². The van der Waals surface area contributed by atoms with Crippen LogP contribution in [0.5, 0.6) is 5.75 Å². The van der Waals surface area contributed by atoms with Gasteiger partial charge < -0.3 is 19.7 Å². The molecule has 0 saturated heterocycles. The van der Waals surface area contributed by atoms with Gasteiger partial charge in [-0.25, -0.2) is 4.79 Å². The second-order valence-corrected chi connectivity index (χ2v) is 8.86. The molecule has 2 aromatic carbocycles. The van der Waals surface area contributed by atoms with E-state index < -0.39 is 17.7 Å². The Morgan fingerprint density at radius 1 is 1.05 bits per heavy atom. The average molecular weight is 543 g/mol. The number of benzene rings is 2. The molecule has 208 valence electrons. The number of nitrogens with one attached hydrogen (secondary N) is 1. The van der Waals surface area contributed by atoms with Gasteiger partial charge in [0.15, 0.2) is 0 Å². The van der Waals surface area contributed by atoms with Crippen LogP contribution in [-0.4, -0.2) is 43.7 Å². The Labute approximate surface area is 226 Å². The first-order valence-electron chi connectivity index (χ1n) is 12.7. The molecule has 0 saturated carbocycles. The number of amides is 2. The predicted molar refractivity (Wildman–Crippen MR) is 144 cm³/mol. The number of nitrogens with zero attached hydrogens (tertiary/aromatic N) is 1. The van der Waals surface area contributed by atoms with E-state index in [0.29, 0.717) is 35.5 Å². The molecule has 0 spiro atoms. The van der Waals surface area contributed by atoms with E-state index in [2.05, 4.69) is 5.32 Å². The summed E-state index contributed by atoms with van der Waals surface area (Å²) in [6.45, 7) is 4.46. The quantitative estimate of drug-likeness (QED) is 0.350. The lowest BCUT2D eigenvalue weighted by Gasteiger charge is -2.24. The van der Waals surface area contributed by atoms with Gasteiger partial charge in [0.25, 0.3) is 0 Å². The average Bonchev–Trinajstić information content (AvgIpc) is 3.19. The zero-order valence-electron chi connectivity index (χ0n) is 22.3. The molecule has 9 heteroatoms. The lowest BCUT2D eigenvalue weighted by molar-refractivity contribution is -0.142. The smallest absolute Gasteiger partial charge is 0.416 e. The van der Waals surface area contributed by atoms with Crippen LogP contribution < -0.4 is 10.1 Å². The molecule has 0 aromatic heterocycles. The first kappa shape index (κ1) is 29.5. The molecule has 39 heavy (non-hydrogen) atoms. The van der Waals surface area contributed by atoms with Gasteiger partial charge in [-0.2, -0.15) is 13.2 Å². The Bertz CT molecular complexity index is 1270. The molecule has 0 fully saturated rings. The van der Waals surface area contributed by atoms with Crippen molar-refractivity contribution in [3.05, 3.63) is 89.0 Å². The van der Waals surface area contributed by atoms with Crippen molar-refractivity contribution in [2.24, 2.45) is 0 Å². The van der Waals surface area contributed by atoms with Crippen molar-refractivity contribution in [1.29, 1.82) is 0 Å². The predicted octanol–water partition coefficient (Wildman–Crippen LogP) is 6.46. The number of carbonyl (C=O) groups excluding carboxylic acids is 2. The fraction of sp³-hybridized carbons (Fsp3) is 0.333. The van der Waals surface area contributed by atoms with Crippen molar-refractivity contribution >= 4 is 12.0 Å². The molecule has 6 nitrogen and oxygen atoms in total. The van der Waals surface area contributed by atoms with E-state index >= 15 is 0 Å². The van der Waals surface area contributed by atoms with Gasteiger partial charge in [0, 0.05) is 25.2 Å². The number of ether oxygens (including phenoxy) is 2. The number of alkyl halides is 3.